The van der Waals surface area contributed by atoms with Crippen LogP contribution in [0.25, 0.3) is 0 Å². The molecule has 0 aromatic heterocycles. The van der Waals surface area contributed by atoms with Gasteiger partial charge in [-0.25, -0.2) is 0 Å². The molecule has 0 aliphatic carbocycles. The third-order valence-corrected chi connectivity index (χ3v) is 4.99. The number of rotatable bonds is 8. The second-order valence-corrected chi connectivity index (χ2v) is 7.47. The molecule has 0 aliphatic rings. The maximum atomic E-state index is 12.8. The highest BCUT2D eigenvalue weighted by Gasteiger charge is 2.18. The van der Waals surface area contributed by atoms with Gasteiger partial charge in [0.2, 0.25) is 16.8 Å². The number of methoxy groups -OCH3 is 4. The van der Waals surface area contributed by atoms with Crippen molar-refractivity contribution in [2.24, 2.45) is 0 Å². The minimum Gasteiger partial charge on any atom is -0.495 e. The van der Waals surface area contributed by atoms with Gasteiger partial charge in [-0.3, -0.25) is 9.59 Å². The maximum absolute atomic E-state index is 12.8. The number of halogens is 1. The first-order chi connectivity index (χ1) is 13.8. The van der Waals surface area contributed by atoms with Crippen molar-refractivity contribution in [3.8, 4) is 23.0 Å². The molecule has 2 aromatic carbocycles. The number of carbonyl (C=O) groups excluding carboxylic acids is 2. The highest BCUT2D eigenvalue weighted by molar-refractivity contribution is 8.14. The summed E-state index contributed by atoms with van der Waals surface area (Å²) in [4.78, 5) is 25.3. The van der Waals surface area contributed by atoms with Gasteiger partial charge in [-0.05, 0) is 49.0 Å². The van der Waals surface area contributed by atoms with Crippen LogP contribution in [0.4, 0.5) is 5.69 Å². The first kappa shape index (κ1) is 22.7. The number of hydrogen-bond acceptors (Lipinski definition) is 7. The summed E-state index contributed by atoms with van der Waals surface area (Å²) in [6.45, 7) is 1.55. The van der Waals surface area contributed by atoms with E-state index in [9.17, 15) is 9.59 Å². The van der Waals surface area contributed by atoms with Gasteiger partial charge < -0.3 is 24.3 Å². The van der Waals surface area contributed by atoms with Crippen LogP contribution in [0.15, 0.2) is 35.2 Å². The smallest absolute Gasteiger partial charge is 0.242 e. The highest BCUT2D eigenvalue weighted by Crippen LogP contribution is 2.41. The number of carbonyl (C=O) groups is 2. The average molecular weight is 440 g/mol. The Balaban J connectivity index is 2.32. The molecule has 0 fully saturated rings. The van der Waals surface area contributed by atoms with Crippen LogP contribution in [0.1, 0.15) is 17.3 Å². The molecule has 0 saturated carbocycles. The molecule has 156 valence electrons. The summed E-state index contributed by atoms with van der Waals surface area (Å²) < 4.78 is 21.2. The lowest BCUT2D eigenvalue weighted by atomic mass is 10.2. The fourth-order valence-corrected chi connectivity index (χ4v) is 3.29. The number of benzene rings is 2. The van der Waals surface area contributed by atoms with Crippen LogP contribution in [0, 0.1) is 0 Å². The lowest BCUT2D eigenvalue weighted by Gasteiger charge is -2.14. The Morgan fingerprint density at radius 3 is 2.00 bits per heavy atom. The Hall–Kier alpha value is -2.58. The van der Waals surface area contributed by atoms with Crippen molar-refractivity contribution in [3.63, 3.8) is 0 Å². The molecule has 1 atom stereocenters. The lowest BCUT2D eigenvalue weighted by Crippen LogP contribution is -2.20. The fourth-order valence-electron chi connectivity index (χ4n) is 2.45. The molecule has 2 aromatic rings. The topological polar surface area (TPSA) is 83.1 Å². The third kappa shape index (κ3) is 5.48. The molecule has 0 spiro atoms. The van der Waals surface area contributed by atoms with Gasteiger partial charge in [0.05, 0.1) is 34.1 Å². The van der Waals surface area contributed by atoms with E-state index in [1.54, 1.807) is 37.3 Å². The molecule has 7 nitrogen and oxygen atoms in total. The van der Waals surface area contributed by atoms with E-state index in [0.29, 0.717) is 39.1 Å². The number of ether oxygens (including phenoxy) is 4. The Kier molecular flexibility index (Phi) is 8.04. The Morgan fingerprint density at radius 2 is 1.52 bits per heavy atom. The Bertz CT molecular complexity index is 878. The van der Waals surface area contributed by atoms with E-state index in [-0.39, 0.29) is 5.12 Å². The van der Waals surface area contributed by atoms with Crippen molar-refractivity contribution in [2.45, 2.75) is 17.2 Å². The molecule has 9 heteroatoms. The standard InChI is InChI=1S/C20H22ClNO6S/c1-11(21)19(23)22-14-8-12(6-7-15(14)25-2)20(24)29-13-9-16(26-3)18(28-5)17(10-13)27-4/h6-11H,1-5H3,(H,22,23). The second kappa shape index (κ2) is 10.3. The molecule has 2 rings (SSSR count). The van der Waals surface area contributed by atoms with Crippen molar-refractivity contribution >= 4 is 40.1 Å². The second-order valence-electron chi connectivity index (χ2n) is 5.77. The van der Waals surface area contributed by atoms with Gasteiger partial charge in [-0.2, -0.15) is 0 Å². The van der Waals surface area contributed by atoms with E-state index >= 15 is 0 Å². The Morgan fingerprint density at radius 1 is 0.931 bits per heavy atom. The molecule has 0 radical (unpaired) electrons. The lowest BCUT2D eigenvalue weighted by molar-refractivity contribution is -0.115. The SMILES string of the molecule is COc1ccc(C(=O)Sc2cc(OC)c(OC)c(OC)c2)cc1NC(=O)C(C)Cl. The Labute approximate surface area is 178 Å². The molecule has 29 heavy (non-hydrogen) atoms. The predicted octanol–water partition coefficient (Wildman–Crippen LogP) is 4.22. The van der Waals surface area contributed by atoms with Gasteiger partial charge in [0, 0.05) is 10.5 Å². The number of anilines is 1. The molecule has 1 amide bonds. The van der Waals surface area contributed by atoms with Crippen LogP contribution >= 0.6 is 23.4 Å². The first-order valence-electron chi connectivity index (χ1n) is 8.49. The van der Waals surface area contributed by atoms with Crippen molar-refractivity contribution < 1.29 is 28.5 Å². The van der Waals surface area contributed by atoms with Gasteiger partial charge in [-0.15, -0.1) is 11.6 Å². The van der Waals surface area contributed by atoms with Crippen molar-refractivity contribution in [1.82, 2.24) is 0 Å². The van der Waals surface area contributed by atoms with Gasteiger partial charge in [0.1, 0.15) is 11.1 Å². The minimum absolute atomic E-state index is 0.239. The first-order valence-corrected chi connectivity index (χ1v) is 9.75. The van der Waals surface area contributed by atoms with E-state index in [1.165, 1.54) is 28.4 Å². The summed E-state index contributed by atoms with van der Waals surface area (Å²) in [6.07, 6.45) is 0. The van der Waals surface area contributed by atoms with Crippen LogP contribution in [0.3, 0.4) is 0 Å². The summed E-state index contributed by atoms with van der Waals surface area (Å²) in [5.41, 5.74) is 0.739. The van der Waals surface area contributed by atoms with E-state index < -0.39 is 11.3 Å². The highest BCUT2D eigenvalue weighted by atomic mass is 35.5. The monoisotopic (exact) mass is 439 g/mol. The quantitative estimate of drug-likeness (QED) is 0.487. The zero-order chi connectivity index (χ0) is 21.6. The predicted molar refractivity (Wildman–Crippen MR) is 113 cm³/mol. The fraction of sp³-hybridized carbons (Fsp3) is 0.300. The summed E-state index contributed by atoms with van der Waals surface area (Å²) in [7, 11) is 5.99. The van der Waals surface area contributed by atoms with Gasteiger partial charge in [-0.1, -0.05) is 0 Å². The molecule has 1 unspecified atom stereocenters. The molecule has 0 heterocycles. The van der Waals surface area contributed by atoms with E-state index in [2.05, 4.69) is 5.32 Å². The zero-order valence-corrected chi connectivity index (χ0v) is 18.3. The molecule has 1 N–H and O–H groups in total. The van der Waals surface area contributed by atoms with E-state index in [4.69, 9.17) is 30.5 Å². The largest absolute Gasteiger partial charge is 0.495 e. The number of nitrogens with one attached hydrogen (secondary N) is 1. The summed E-state index contributed by atoms with van der Waals surface area (Å²) >= 11 is 6.80. The zero-order valence-electron chi connectivity index (χ0n) is 16.7. The van der Waals surface area contributed by atoms with Crippen molar-refractivity contribution in [1.29, 1.82) is 0 Å². The van der Waals surface area contributed by atoms with Crippen LogP contribution in [-0.4, -0.2) is 44.8 Å². The summed E-state index contributed by atoms with van der Waals surface area (Å²) in [6, 6.07) is 8.14. The van der Waals surface area contributed by atoms with Crippen molar-refractivity contribution in [2.75, 3.05) is 33.8 Å². The normalized spacial score (nSPS) is 11.4. The number of thioether (sulfide) groups is 1. The summed E-state index contributed by atoms with van der Waals surface area (Å²) in [5.74, 6) is 1.36. The molecular weight excluding hydrogens is 418 g/mol. The third-order valence-electron chi connectivity index (χ3n) is 3.90. The molecular formula is C20H22ClNO6S. The minimum atomic E-state index is -0.729. The number of hydrogen-bond donors (Lipinski definition) is 1. The molecule has 0 aliphatic heterocycles. The van der Waals surface area contributed by atoms with Gasteiger partial charge >= 0.3 is 0 Å². The van der Waals surface area contributed by atoms with Crippen LogP contribution < -0.4 is 24.3 Å². The van der Waals surface area contributed by atoms with Crippen LogP contribution in [0.2, 0.25) is 0 Å². The van der Waals surface area contributed by atoms with E-state index in [1.807, 2.05) is 0 Å². The van der Waals surface area contributed by atoms with E-state index in [0.717, 1.165) is 11.8 Å². The number of amides is 1. The molecule has 0 saturated heterocycles. The number of alkyl halides is 1. The average Bonchev–Trinajstić information content (AvgIpc) is 2.72. The maximum Gasteiger partial charge on any atom is 0.242 e. The van der Waals surface area contributed by atoms with Crippen LogP contribution in [0.5, 0.6) is 23.0 Å². The van der Waals surface area contributed by atoms with Gasteiger partial charge in [0.25, 0.3) is 0 Å². The van der Waals surface area contributed by atoms with Crippen LogP contribution in [-0.2, 0) is 4.79 Å². The van der Waals surface area contributed by atoms with Crippen molar-refractivity contribution in [3.05, 3.63) is 35.9 Å². The summed E-state index contributed by atoms with van der Waals surface area (Å²) in [5, 5.41) is 1.69. The van der Waals surface area contributed by atoms with Gasteiger partial charge in [0.15, 0.2) is 11.5 Å². The molecule has 0 bridgehead atoms.